The third kappa shape index (κ3) is 2.36. The van der Waals surface area contributed by atoms with Crippen LogP contribution in [0.4, 0.5) is 17.6 Å². The summed E-state index contributed by atoms with van der Waals surface area (Å²) >= 11 is 0. The van der Waals surface area contributed by atoms with E-state index >= 15 is 0 Å². The van der Waals surface area contributed by atoms with Crippen molar-refractivity contribution in [2.75, 3.05) is 0 Å². The predicted octanol–water partition coefficient (Wildman–Crippen LogP) is 2.22. The molecule has 6 nitrogen and oxygen atoms in total. The Labute approximate surface area is 109 Å². The molecule has 1 heterocycles. The molecule has 1 unspecified atom stereocenters. The zero-order valence-electron chi connectivity index (χ0n) is 9.97. The van der Waals surface area contributed by atoms with Gasteiger partial charge in [-0.3, -0.25) is 0 Å². The second-order valence-corrected chi connectivity index (χ2v) is 3.88. The van der Waals surface area contributed by atoms with Crippen LogP contribution in [0.2, 0.25) is 0 Å². The van der Waals surface area contributed by atoms with Gasteiger partial charge in [-0.1, -0.05) is 17.3 Å². The molecule has 0 spiro atoms. The molecule has 0 aliphatic carbocycles. The number of aryl methyl sites for hydroxylation is 1. The number of hydrogen-bond acceptors (Lipinski definition) is 5. The average molecular weight is 289 g/mol. The quantitative estimate of drug-likeness (QED) is 0.641. The summed E-state index contributed by atoms with van der Waals surface area (Å²) in [6, 6.07) is 1.04. The third-order valence-electron chi connectivity index (χ3n) is 2.63. The van der Waals surface area contributed by atoms with Crippen LogP contribution in [-0.4, -0.2) is 20.2 Å². The minimum absolute atomic E-state index is 0.154. The molecule has 0 N–H and O–H groups in total. The average Bonchev–Trinajstić information content (AvgIpc) is 2.77. The van der Waals surface area contributed by atoms with E-state index in [0.29, 0.717) is 6.07 Å². The molecule has 2 aromatic rings. The van der Waals surface area contributed by atoms with E-state index in [1.165, 1.54) is 7.05 Å². The normalized spacial score (nSPS) is 13.2. The molecular weight excluding hydrogens is 282 g/mol. The molecule has 1 atom stereocenters. The molecule has 0 bridgehead atoms. The van der Waals surface area contributed by atoms with Crippen molar-refractivity contribution >= 4 is 0 Å². The van der Waals surface area contributed by atoms with Gasteiger partial charge in [-0.05, 0) is 16.5 Å². The Bertz CT molecular complexity index is 639. The summed E-state index contributed by atoms with van der Waals surface area (Å²) in [5.41, 5.74) is -2.01. The highest BCUT2D eigenvalue weighted by atomic mass is 19.4. The maximum Gasteiger partial charge on any atom is 0.419 e. The monoisotopic (exact) mass is 289 g/mol. The number of halogens is 4. The van der Waals surface area contributed by atoms with Gasteiger partial charge in [-0.25, -0.2) is 9.07 Å². The number of rotatable bonds is 3. The molecule has 0 radical (unpaired) electrons. The first kappa shape index (κ1) is 14.0. The van der Waals surface area contributed by atoms with Crippen LogP contribution in [-0.2, 0) is 13.2 Å². The number of nitrogens with zero attached hydrogens (tertiary/aromatic N) is 5. The fourth-order valence-electron chi connectivity index (χ4n) is 1.69. The number of benzene rings is 1. The van der Waals surface area contributed by atoms with Gasteiger partial charge in [-0.2, -0.15) is 13.2 Å². The van der Waals surface area contributed by atoms with Crippen molar-refractivity contribution in [2.24, 2.45) is 12.2 Å². The highest BCUT2D eigenvalue weighted by Gasteiger charge is 2.37. The van der Waals surface area contributed by atoms with Crippen molar-refractivity contribution in [1.29, 1.82) is 0 Å². The lowest BCUT2D eigenvalue weighted by Gasteiger charge is -2.13. The topological polar surface area (TPSA) is 73.0 Å². The predicted molar refractivity (Wildman–Crippen MR) is 57.8 cm³/mol. The minimum Gasteiger partial charge on any atom is -0.230 e. The van der Waals surface area contributed by atoms with Gasteiger partial charge < -0.3 is 0 Å². The van der Waals surface area contributed by atoms with Gasteiger partial charge in [0.25, 0.3) is 0 Å². The van der Waals surface area contributed by atoms with E-state index in [2.05, 4.69) is 20.7 Å². The lowest BCUT2D eigenvalue weighted by Crippen LogP contribution is -2.13. The van der Waals surface area contributed by atoms with E-state index in [4.69, 9.17) is 0 Å². The van der Waals surface area contributed by atoms with Gasteiger partial charge in [0.05, 0.1) is 5.56 Å². The fourth-order valence-corrected chi connectivity index (χ4v) is 1.69. The molecule has 1 aromatic carbocycles. The van der Waals surface area contributed by atoms with Crippen LogP contribution in [0.3, 0.4) is 0 Å². The van der Waals surface area contributed by atoms with Crippen molar-refractivity contribution in [1.82, 2.24) is 20.2 Å². The molecule has 0 fully saturated rings. The van der Waals surface area contributed by atoms with Gasteiger partial charge in [0.15, 0.2) is 11.9 Å². The highest BCUT2D eigenvalue weighted by molar-refractivity contribution is 5.33. The summed E-state index contributed by atoms with van der Waals surface area (Å²) in [5.74, 6) is -1.72. The van der Waals surface area contributed by atoms with Gasteiger partial charge >= 0.3 is 6.18 Å². The standard InChI is InChI=1S/C10H7F4N5O/c1-19-9(15-17-18-19)8(16-20)5-3-2-4-6(7(5)11)10(12,13)14/h2-4,8H,1H3. The number of aromatic nitrogens is 4. The molecule has 106 valence electrons. The van der Waals surface area contributed by atoms with E-state index in [0.717, 1.165) is 16.8 Å². The third-order valence-corrected chi connectivity index (χ3v) is 2.63. The van der Waals surface area contributed by atoms with Crippen LogP contribution in [0.5, 0.6) is 0 Å². The van der Waals surface area contributed by atoms with Crippen molar-refractivity contribution in [2.45, 2.75) is 12.2 Å². The largest absolute Gasteiger partial charge is 0.419 e. The summed E-state index contributed by atoms with van der Waals surface area (Å²) in [7, 11) is 1.36. The van der Waals surface area contributed by atoms with Crippen molar-refractivity contribution in [3.63, 3.8) is 0 Å². The number of alkyl halides is 3. The maximum atomic E-state index is 13.9. The minimum atomic E-state index is -4.87. The summed E-state index contributed by atoms with van der Waals surface area (Å²) in [5, 5.41) is 12.7. The maximum absolute atomic E-state index is 13.9. The first-order valence-corrected chi connectivity index (χ1v) is 5.26. The van der Waals surface area contributed by atoms with E-state index in [9.17, 15) is 22.5 Å². The summed E-state index contributed by atoms with van der Waals surface area (Å²) in [6.45, 7) is 0. The van der Waals surface area contributed by atoms with Crippen LogP contribution in [0.15, 0.2) is 23.4 Å². The van der Waals surface area contributed by atoms with Crippen LogP contribution < -0.4 is 0 Å². The summed E-state index contributed by atoms with van der Waals surface area (Å²) in [6.07, 6.45) is -4.87. The van der Waals surface area contributed by atoms with E-state index in [1.54, 1.807) is 0 Å². The van der Waals surface area contributed by atoms with Crippen molar-refractivity contribution in [3.05, 3.63) is 45.9 Å². The number of hydrogen-bond donors (Lipinski definition) is 0. The molecule has 0 saturated carbocycles. The van der Waals surface area contributed by atoms with Crippen LogP contribution in [0.1, 0.15) is 23.0 Å². The van der Waals surface area contributed by atoms with Crippen LogP contribution >= 0.6 is 0 Å². The molecule has 10 heteroatoms. The van der Waals surface area contributed by atoms with Gasteiger partial charge in [-0.15, -0.1) is 10.0 Å². The molecule has 0 saturated heterocycles. The van der Waals surface area contributed by atoms with Gasteiger partial charge in [0, 0.05) is 12.6 Å². The zero-order chi connectivity index (χ0) is 14.9. The molecule has 2 rings (SSSR count). The lowest BCUT2D eigenvalue weighted by molar-refractivity contribution is -0.140. The zero-order valence-corrected chi connectivity index (χ0v) is 9.97. The Kier molecular flexibility index (Phi) is 3.47. The molecular formula is C10H7F4N5O. The molecule has 0 aliphatic rings. The van der Waals surface area contributed by atoms with Crippen molar-refractivity contribution in [3.8, 4) is 0 Å². The summed E-state index contributed by atoms with van der Waals surface area (Å²) < 4.78 is 52.8. The Morgan fingerprint density at radius 1 is 1.35 bits per heavy atom. The first-order chi connectivity index (χ1) is 9.36. The second-order valence-electron chi connectivity index (χ2n) is 3.88. The molecule has 0 amide bonds. The Balaban J connectivity index is 2.57. The Morgan fingerprint density at radius 3 is 2.55 bits per heavy atom. The second kappa shape index (κ2) is 4.94. The van der Waals surface area contributed by atoms with E-state index in [1.807, 2.05) is 0 Å². The molecule has 1 aromatic heterocycles. The van der Waals surface area contributed by atoms with Gasteiger partial charge in [0.2, 0.25) is 0 Å². The van der Waals surface area contributed by atoms with Crippen molar-refractivity contribution < 1.29 is 17.6 Å². The molecule has 20 heavy (non-hydrogen) atoms. The van der Waals surface area contributed by atoms with Crippen LogP contribution in [0.25, 0.3) is 0 Å². The van der Waals surface area contributed by atoms with Crippen LogP contribution in [0, 0.1) is 10.7 Å². The Morgan fingerprint density at radius 2 is 2.05 bits per heavy atom. The lowest BCUT2D eigenvalue weighted by atomic mass is 10.0. The SMILES string of the molecule is Cn1nnnc1C(N=O)c1cccc(C(F)(F)F)c1F. The fraction of sp³-hybridized carbons (Fsp3) is 0.300. The smallest absolute Gasteiger partial charge is 0.230 e. The Hall–Kier alpha value is -2.39. The van der Waals surface area contributed by atoms with E-state index < -0.39 is 29.2 Å². The van der Waals surface area contributed by atoms with Gasteiger partial charge in [0.1, 0.15) is 5.82 Å². The summed E-state index contributed by atoms with van der Waals surface area (Å²) in [4.78, 5) is 10.9. The number of tetrazole rings is 1. The number of nitroso groups, excluding NO2 is 1. The molecule has 0 aliphatic heterocycles. The van der Waals surface area contributed by atoms with E-state index in [-0.39, 0.29) is 5.82 Å². The highest BCUT2D eigenvalue weighted by Crippen LogP contribution is 2.35. The first-order valence-electron chi connectivity index (χ1n) is 5.26.